The van der Waals surface area contributed by atoms with Crippen molar-refractivity contribution in [2.45, 2.75) is 26.4 Å². The van der Waals surface area contributed by atoms with Crippen molar-refractivity contribution in [1.82, 2.24) is 9.78 Å². The summed E-state index contributed by atoms with van der Waals surface area (Å²) in [5.41, 5.74) is 0.802. The number of nitrogens with zero attached hydrogens (tertiary/aromatic N) is 3. The Balaban J connectivity index is 2.30. The Labute approximate surface area is 112 Å². The molecule has 2 atom stereocenters. The Morgan fingerprint density at radius 3 is 2.68 bits per heavy atom. The third-order valence-electron chi connectivity index (χ3n) is 3.53. The van der Waals surface area contributed by atoms with Crippen LogP contribution >= 0.6 is 0 Å². The molecule has 2 unspecified atom stereocenters. The Morgan fingerprint density at radius 2 is 2.11 bits per heavy atom. The summed E-state index contributed by atoms with van der Waals surface area (Å²) in [7, 11) is 0. The Bertz CT molecular complexity index is 585. The van der Waals surface area contributed by atoms with Crippen LogP contribution in [-0.2, 0) is 0 Å². The molecule has 1 N–H and O–H groups in total. The van der Waals surface area contributed by atoms with E-state index in [1.54, 1.807) is 24.0 Å². The molecule has 0 spiro atoms. The van der Waals surface area contributed by atoms with E-state index in [0.29, 0.717) is 12.0 Å². The van der Waals surface area contributed by atoms with Crippen LogP contribution in [0.2, 0.25) is 0 Å². The minimum atomic E-state index is -0.833. The van der Waals surface area contributed by atoms with Gasteiger partial charge in [0, 0.05) is 11.8 Å². The highest BCUT2D eigenvalue weighted by molar-refractivity contribution is 5.31. The second-order valence-corrected chi connectivity index (χ2v) is 4.84. The van der Waals surface area contributed by atoms with Gasteiger partial charge < -0.3 is 5.11 Å². The lowest BCUT2D eigenvalue weighted by atomic mass is 9.81. The van der Waals surface area contributed by atoms with Crippen LogP contribution in [0.3, 0.4) is 0 Å². The molecule has 4 heteroatoms. The molecule has 0 bridgehead atoms. The quantitative estimate of drug-likeness (QED) is 0.913. The van der Waals surface area contributed by atoms with E-state index in [0.717, 1.165) is 5.69 Å². The van der Waals surface area contributed by atoms with E-state index >= 15 is 0 Å². The van der Waals surface area contributed by atoms with Crippen LogP contribution < -0.4 is 0 Å². The van der Waals surface area contributed by atoms with Crippen molar-refractivity contribution >= 4 is 0 Å². The molecule has 19 heavy (non-hydrogen) atoms. The fourth-order valence-corrected chi connectivity index (χ4v) is 1.90. The lowest BCUT2D eigenvalue weighted by Gasteiger charge is -2.25. The van der Waals surface area contributed by atoms with Gasteiger partial charge in [0.15, 0.2) is 0 Å². The number of hydrogen-bond acceptors (Lipinski definition) is 3. The van der Waals surface area contributed by atoms with Gasteiger partial charge in [-0.2, -0.15) is 10.4 Å². The third-order valence-corrected chi connectivity index (χ3v) is 3.53. The van der Waals surface area contributed by atoms with Gasteiger partial charge in [-0.1, -0.05) is 25.1 Å². The standard InChI is InChI=1S/C15H17N3O/c1-3-15(2,11-16)14(19)12-9-17-18(10-12)13-7-5-4-6-8-13/h4-10,14,19H,3H2,1-2H3. The molecule has 0 saturated heterocycles. The first-order chi connectivity index (χ1) is 9.10. The lowest BCUT2D eigenvalue weighted by molar-refractivity contribution is 0.0722. The minimum Gasteiger partial charge on any atom is -0.387 e. The molecule has 0 aliphatic rings. The predicted octanol–water partition coefficient (Wildman–Crippen LogP) is 2.85. The van der Waals surface area contributed by atoms with Crippen LogP contribution in [0.25, 0.3) is 5.69 Å². The van der Waals surface area contributed by atoms with Gasteiger partial charge >= 0.3 is 0 Å². The van der Waals surface area contributed by atoms with Crippen LogP contribution in [0.5, 0.6) is 0 Å². The average Bonchev–Trinajstić information content (AvgIpc) is 2.96. The van der Waals surface area contributed by atoms with Gasteiger partial charge in [-0.15, -0.1) is 0 Å². The van der Waals surface area contributed by atoms with Crippen molar-refractivity contribution in [3.63, 3.8) is 0 Å². The summed E-state index contributed by atoms with van der Waals surface area (Å²) in [5.74, 6) is 0. The fraction of sp³-hybridized carbons (Fsp3) is 0.333. The molecule has 0 amide bonds. The largest absolute Gasteiger partial charge is 0.387 e. The highest BCUT2D eigenvalue weighted by atomic mass is 16.3. The number of aliphatic hydroxyl groups excluding tert-OH is 1. The number of nitriles is 1. The molecule has 0 aliphatic heterocycles. The third kappa shape index (κ3) is 2.51. The SMILES string of the molecule is CCC(C)(C#N)C(O)c1cnn(-c2ccccc2)c1. The molecule has 0 fully saturated rings. The Morgan fingerprint density at radius 1 is 1.42 bits per heavy atom. The smallest absolute Gasteiger partial charge is 0.100 e. The molecular formula is C15H17N3O. The summed E-state index contributed by atoms with van der Waals surface area (Å²) < 4.78 is 1.70. The van der Waals surface area contributed by atoms with E-state index in [2.05, 4.69) is 11.2 Å². The van der Waals surface area contributed by atoms with Crippen LogP contribution in [0.4, 0.5) is 0 Å². The summed E-state index contributed by atoms with van der Waals surface area (Å²) in [5, 5.41) is 23.8. The maximum Gasteiger partial charge on any atom is 0.100 e. The number of aliphatic hydroxyl groups is 1. The minimum absolute atomic E-state index is 0.585. The summed E-state index contributed by atoms with van der Waals surface area (Å²) in [6, 6.07) is 11.9. The second kappa shape index (κ2) is 5.25. The molecule has 4 nitrogen and oxygen atoms in total. The van der Waals surface area contributed by atoms with Gasteiger partial charge in [-0.25, -0.2) is 4.68 Å². The molecule has 0 radical (unpaired) electrons. The monoisotopic (exact) mass is 255 g/mol. The van der Waals surface area contributed by atoms with Crippen molar-refractivity contribution in [2.75, 3.05) is 0 Å². The highest BCUT2D eigenvalue weighted by Crippen LogP contribution is 2.35. The van der Waals surface area contributed by atoms with Crippen LogP contribution in [0, 0.1) is 16.7 Å². The van der Waals surface area contributed by atoms with Crippen molar-refractivity contribution in [3.05, 3.63) is 48.3 Å². The second-order valence-electron chi connectivity index (χ2n) is 4.84. The first-order valence-electron chi connectivity index (χ1n) is 6.30. The van der Waals surface area contributed by atoms with Gasteiger partial charge in [0.2, 0.25) is 0 Å². The van der Waals surface area contributed by atoms with E-state index < -0.39 is 11.5 Å². The molecule has 2 rings (SSSR count). The van der Waals surface area contributed by atoms with E-state index in [-0.39, 0.29) is 0 Å². The summed E-state index contributed by atoms with van der Waals surface area (Å²) in [6.45, 7) is 3.66. The Kier molecular flexibility index (Phi) is 3.68. The van der Waals surface area contributed by atoms with E-state index in [4.69, 9.17) is 0 Å². The van der Waals surface area contributed by atoms with Gasteiger partial charge in [-0.3, -0.25) is 0 Å². The van der Waals surface area contributed by atoms with E-state index in [1.165, 1.54) is 0 Å². The van der Waals surface area contributed by atoms with Gasteiger partial charge in [0.1, 0.15) is 6.10 Å². The van der Waals surface area contributed by atoms with Crippen molar-refractivity contribution in [2.24, 2.45) is 5.41 Å². The first-order valence-corrected chi connectivity index (χ1v) is 6.30. The predicted molar refractivity (Wildman–Crippen MR) is 72.5 cm³/mol. The zero-order valence-corrected chi connectivity index (χ0v) is 11.1. The fourth-order valence-electron chi connectivity index (χ4n) is 1.90. The van der Waals surface area contributed by atoms with E-state index in [1.807, 2.05) is 37.3 Å². The molecule has 1 aromatic carbocycles. The number of benzene rings is 1. The maximum absolute atomic E-state index is 10.3. The molecule has 1 heterocycles. The highest BCUT2D eigenvalue weighted by Gasteiger charge is 2.33. The van der Waals surface area contributed by atoms with E-state index in [9.17, 15) is 10.4 Å². The number of para-hydroxylation sites is 1. The van der Waals surface area contributed by atoms with Crippen molar-refractivity contribution < 1.29 is 5.11 Å². The number of hydrogen-bond donors (Lipinski definition) is 1. The zero-order valence-electron chi connectivity index (χ0n) is 11.1. The molecule has 1 aromatic heterocycles. The summed E-state index contributed by atoms with van der Waals surface area (Å²) in [6.07, 6.45) is 3.13. The van der Waals surface area contributed by atoms with Crippen LogP contribution in [0.15, 0.2) is 42.7 Å². The van der Waals surface area contributed by atoms with Gasteiger partial charge in [0.25, 0.3) is 0 Å². The summed E-state index contributed by atoms with van der Waals surface area (Å²) >= 11 is 0. The maximum atomic E-state index is 10.3. The molecule has 0 aliphatic carbocycles. The number of rotatable bonds is 4. The Hall–Kier alpha value is -2.12. The first kappa shape index (κ1) is 13.3. The van der Waals surface area contributed by atoms with Crippen molar-refractivity contribution in [1.29, 1.82) is 5.26 Å². The molecule has 2 aromatic rings. The zero-order chi connectivity index (χ0) is 13.9. The van der Waals surface area contributed by atoms with Gasteiger partial charge in [0.05, 0.1) is 23.4 Å². The van der Waals surface area contributed by atoms with Crippen LogP contribution in [0.1, 0.15) is 31.9 Å². The molecular weight excluding hydrogens is 238 g/mol. The van der Waals surface area contributed by atoms with Crippen molar-refractivity contribution in [3.8, 4) is 11.8 Å². The normalized spacial score (nSPS) is 15.5. The average molecular weight is 255 g/mol. The molecule has 98 valence electrons. The summed E-state index contributed by atoms with van der Waals surface area (Å²) in [4.78, 5) is 0. The topological polar surface area (TPSA) is 61.8 Å². The number of aromatic nitrogens is 2. The lowest BCUT2D eigenvalue weighted by Crippen LogP contribution is -2.22. The van der Waals surface area contributed by atoms with Gasteiger partial charge in [-0.05, 0) is 25.5 Å². The van der Waals surface area contributed by atoms with Crippen LogP contribution in [-0.4, -0.2) is 14.9 Å². The molecule has 0 saturated carbocycles.